The molecule has 2 aromatic rings. The van der Waals surface area contributed by atoms with Crippen LogP contribution in [0, 0.1) is 0 Å². The highest BCUT2D eigenvalue weighted by Crippen LogP contribution is 2.31. The number of hydrogen-bond donors (Lipinski definition) is 1. The van der Waals surface area contributed by atoms with Gasteiger partial charge in [0, 0.05) is 18.5 Å². The molecule has 1 aromatic carbocycles. The van der Waals surface area contributed by atoms with E-state index < -0.39 is 0 Å². The van der Waals surface area contributed by atoms with Crippen molar-refractivity contribution >= 4 is 11.3 Å². The molecule has 0 spiro atoms. The van der Waals surface area contributed by atoms with E-state index in [-0.39, 0.29) is 6.10 Å². The summed E-state index contributed by atoms with van der Waals surface area (Å²) in [6, 6.07) is 7.93. The molecule has 0 aliphatic carbocycles. The van der Waals surface area contributed by atoms with E-state index in [9.17, 15) is 5.11 Å². The first-order valence-electron chi connectivity index (χ1n) is 7.04. The maximum atomic E-state index is 9.32. The third-order valence-electron chi connectivity index (χ3n) is 3.25. The van der Waals surface area contributed by atoms with Gasteiger partial charge in [-0.2, -0.15) is 0 Å². The molecule has 0 aliphatic heterocycles. The lowest BCUT2D eigenvalue weighted by Gasteiger charge is -2.15. The number of para-hydroxylation sites is 1. The van der Waals surface area contributed by atoms with E-state index in [1.54, 1.807) is 18.4 Å². The van der Waals surface area contributed by atoms with Gasteiger partial charge < -0.3 is 14.7 Å². The normalized spacial score (nSPS) is 12.6. The van der Waals surface area contributed by atoms with E-state index in [2.05, 4.69) is 10.3 Å². The minimum atomic E-state index is -0.257. The molecule has 2 rings (SSSR count). The van der Waals surface area contributed by atoms with Crippen molar-refractivity contribution in [2.24, 2.45) is 0 Å². The monoisotopic (exact) mass is 306 g/mol. The van der Waals surface area contributed by atoms with Crippen LogP contribution in [0.15, 0.2) is 29.6 Å². The Balaban J connectivity index is 2.04. The van der Waals surface area contributed by atoms with Crippen molar-refractivity contribution in [1.29, 1.82) is 0 Å². The highest BCUT2D eigenvalue weighted by Gasteiger charge is 2.11. The van der Waals surface area contributed by atoms with Crippen molar-refractivity contribution in [2.45, 2.75) is 26.0 Å². The molecule has 4 nitrogen and oxygen atoms in total. The molecule has 1 heterocycles. The van der Waals surface area contributed by atoms with E-state index in [0.717, 1.165) is 41.5 Å². The molecular formula is C16H22N2O2S. The van der Waals surface area contributed by atoms with Crippen LogP contribution in [0.5, 0.6) is 5.75 Å². The molecule has 0 radical (unpaired) electrons. The van der Waals surface area contributed by atoms with Gasteiger partial charge in [0.15, 0.2) is 0 Å². The largest absolute Gasteiger partial charge is 0.496 e. The molecule has 114 valence electrons. The predicted octanol–water partition coefficient (Wildman–Crippen LogP) is 3.02. The van der Waals surface area contributed by atoms with Gasteiger partial charge in [0.05, 0.1) is 24.5 Å². The van der Waals surface area contributed by atoms with Gasteiger partial charge in [-0.3, -0.25) is 0 Å². The van der Waals surface area contributed by atoms with Crippen LogP contribution in [-0.4, -0.2) is 41.8 Å². The fraction of sp³-hybridized carbons (Fsp3) is 0.438. The van der Waals surface area contributed by atoms with Crippen LogP contribution < -0.4 is 4.74 Å². The summed E-state index contributed by atoms with van der Waals surface area (Å²) >= 11 is 1.63. The summed E-state index contributed by atoms with van der Waals surface area (Å²) in [6.45, 7) is 3.47. The molecule has 0 fully saturated rings. The minimum absolute atomic E-state index is 0.257. The number of benzene rings is 1. The van der Waals surface area contributed by atoms with Gasteiger partial charge in [-0.1, -0.05) is 12.1 Å². The molecular weight excluding hydrogens is 284 g/mol. The second kappa shape index (κ2) is 7.54. The number of aliphatic hydroxyl groups excluding tert-OH is 1. The average Bonchev–Trinajstić information content (AvgIpc) is 2.93. The zero-order chi connectivity index (χ0) is 15.2. The lowest BCUT2D eigenvalue weighted by atomic mass is 10.2. The predicted molar refractivity (Wildman–Crippen MR) is 86.7 cm³/mol. The third kappa shape index (κ3) is 4.52. The maximum absolute atomic E-state index is 9.32. The number of ether oxygens (including phenoxy) is 1. The molecule has 5 heteroatoms. The Morgan fingerprint density at radius 3 is 2.86 bits per heavy atom. The first-order chi connectivity index (χ1) is 10.1. The molecule has 1 unspecified atom stereocenters. The van der Waals surface area contributed by atoms with Gasteiger partial charge in [-0.25, -0.2) is 4.98 Å². The number of aliphatic hydroxyl groups is 1. The molecule has 0 saturated carbocycles. The molecule has 1 atom stereocenters. The molecule has 0 amide bonds. The van der Waals surface area contributed by atoms with Gasteiger partial charge in [-0.15, -0.1) is 11.3 Å². The standard InChI is InChI=1S/C16H22N2O2S/c1-12(19)8-9-18(2)10-13-11-21-16(17-13)14-6-4-5-7-15(14)20-3/h4-7,11-12,19H,8-10H2,1-3H3. The Morgan fingerprint density at radius 1 is 1.38 bits per heavy atom. The fourth-order valence-corrected chi connectivity index (χ4v) is 2.93. The second-order valence-electron chi connectivity index (χ2n) is 5.22. The summed E-state index contributed by atoms with van der Waals surface area (Å²) in [5, 5.41) is 12.4. The maximum Gasteiger partial charge on any atom is 0.129 e. The quantitative estimate of drug-likeness (QED) is 0.854. The summed E-state index contributed by atoms with van der Waals surface area (Å²) in [5.41, 5.74) is 2.08. The molecule has 21 heavy (non-hydrogen) atoms. The van der Waals surface area contributed by atoms with Crippen LogP contribution in [0.25, 0.3) is 10.6 Å². The molecule has 0 aliphatic rings. The Bertz CT molecular complexity index is 569. The van der Waals surface area contributed by atoms with E-state index in [1.807, 2.05) is 38.2 Å². The van der Waals surface area contributed by atoms with E-state index in [0.29, 0.717) is 0 Å². The van der Waals surface area contributed by atoms with Crippen molar-refractivity contribution in [2.75, 3.05) is 20.7 Å². The Hall–Kier alpha value is -1.43. The zero-order valence-electron chi connectivity index (χ0n) is 12.7. The second-order valence-corrected chi connectivity index (χ2v) is 6.08. The van der Waals surface area contributed by atoms with Crippen molar-refractivity contribution in [3.8, 4) is 16.3 Å². The Morgan fingerprint density at radius 2 is 2.14 bits per heavy atom. The van der Waals surface area contributed by atoms with E-state index in [1.165, 1.54) is 0 Å². The third-order valence-corrected chi connectivity index (χ3v) is 4.17. The summed E-state index contributed by atoms with van der Waals surface area (Å²) < 4.78 is 5.38. The number of aromatic nitrogens is 1. The van der Waals surface area contributed by atoms with Crippen LogP contribution in [0.4, 0.5) is 0 Å². The SMILES string of the molecule is COc1ccccc1-c1nc(CN(C)CCC(C)O)cs1. The van der Waals surface area contributed by atoms with E-state index in [4.69, 9.17) is 9.72 Å². The van der Waals surface area contributed by atoms with Crippen LogP contribution in [0.2, 0.25) is 0 Å². The molecule has 1 aromatic heterocycles. The highest BCUT2D eigenvalue weighted by atomic mass is 32.1. The topological polar surface area (TPSA) is 45.6 Å². The van der Waals surface area contributed by atoms with Crippen molar-refractivity contribution < 1.29 is 9.84 Å². The minimum Gasteiger partial charge on any atom is -0.496 e. The fourth-order valence-electron chi connectivity index (χ4n) is 2.09. The lowest BCUT2D eigenvalue weighted by molar-refractivity contribution is 0.162. The summed E-state index contributed by atoms with van der Waals surface area (Å²) in [7, 11) is 3.72. The van der Waals surface area contributed by atoms with Crippen molar-refractivity contribution in [1.82, 2.24) is 9.88 Å². The smallest absolute Gasteiger partial charge is 0.129 e. The number of methoxy groups -OCH3 is 1. The highest BCUT2D eigenvalue weighted by molar-refractivity contribution is 7.13. The Labute approximate surface area is 130 Å². The van der Waals surface area contributed by atoms with E-state index >= 15 is 0 Å². The van der Waals surface area contributed by atoms with Crippen LogP contribution in [-0.2, 0) is 6.54 Å². The van der Waals surface area contributed by atoms with Gasteiger partial charge in [0.2, 0.25) is 0 Å². The van der Waals surface area contributed by atoms with Gasteiger partial charge >= 0.3 is 0 Å². The lowest BCUT2D eigenvalue weighted by Crippen LogP contribution is -2.22. The first kappa shape index (κ1) is 15.9. The molecule has 0 bridgehead atoms. The van der Waals surface area contributed by atoms with Crippen LogP contribution >= 0.6 is 11.3 Å². The molecule has 0 saturated heterocycles. The number of rotatable bonds is 7. The Kier molecular flexibility index (Phi) is 5.73. The number of hydrogen-bond acceptors (Lipinski definition) is 5. The number of nitrogens with zero attached hydrogens (tertiary/aromatic N) is 2. The van der Waals surface area contributed by atoms with Gasteiger partial charge in [-0.05, 0) is 32.5 Å². The van der Waals surface area contributed by atoms with Gasteiger partial charge in [0.1, 0.15) is 10.8 Å². The van der Waals surface area contributed by atoms with Crippen molar-refractivity contribution in [3.05, 3.63) is 35.3 Å². The molecule has 1 N–H and O–H groups in total. The zero-order valence-corrected chi connectivity index (χ0v) is 13.6. The van der Waals surface area contributed by atoms with Crippen molar-refractivity contribution in [3.63, 3.8) is 0 Å². The van der Waals surface area contributed by atoms with Gasteiger partial charge in [0.25, 0.3) is 0 Å². The van der Waals surface area contributed by atoms with Crippen LogP contribution in [0.1, 0.15) is 19.0 Å². The summed E-state index contributed by atoms with van der Waals surface area (Å²) in [6.07, 6.45) is 0.520. The average molecular weight is 306 g/mol. The van der Waals surface area contributed by atoms with Crippen LogP contribution in [0.3, 0.4) is 0 Å². The summed E-state index contributed by atoms with van der Waals surface area (Å²) in [4.78, 5) is 6.86. The number of thiazole rings is 1. The summed E-state index contributed by atoms with van der Waals surface area (Å²) in [5.74, 6) is 0.848. The first-order valence-corrected chi connectivity index (χ1v) is 7.92.